The van der Waals surface area contributed by atoms with Crippen LogP contribution in [0.1, 0.15) is 5.56 Å². The lowest BCUT2D eigenvalue weighted by atomic mass is 10.2. The number of carbonyl (C=O) groups is 1. The minimum absolute atomic E-state index is 0.00246. The molecule has 2 aromatic rings. The number of phenolic OH excluding ortho intramolecular Hbond substituents is 1. The predicted octanol–water partition coefficient (Wildman–Crippen LogP) is 2.28. The summed E-state index contributed by atoms with van der Waals surface area (Å²) in [5, 5.41) is 18.4. The first-order valence-electron chi connectivity index (χ1n) is 5.90. The van der Waals surface area contributed by atoms with Gasteiger partial charge in [0.25, 0.3) is 6.10 Å². The van der Waals surface area contributed by atoms with Gasteiger partial charge in [0.1, 0.15) is 11.5 Å². The Morgan fingerprint density at radius 1 is 1.10 bits per heavy atom. The maximum Gasteiger partial charge on any atom is 0.357 e. The molecular formula is C16H12O4. The minimum Gasteiger partial charge on any atom is -0.508 e. The van der Waals surface area contributed by atoms with Crippen LogP contribution in [0.5, 0.6) is 11.5 Å². The minimum atomic E-state index is -1.29. The molecular weight excluding hydrogens is 256 g/mol. The van der Waals surface area contributed by atoms with Gasteiger partial charge in [-0.1, -0.05) is 30.2 Å². The van der Waals surface area contributed by atoms with E-state index >= 15 is 0 Å². The van der Waals surface area contributed by atoms with Crippen LogP contribution < -0.4 is 4.74 Å². The summed E-state index contributed by atoms with van der Waals surface area (Å²) < 4.78 is 5.25. The molecule has 0 saturated heterocycles. The number of aliphatic carboxylic acids is 1. The van der Waals surface area contributed by atoms with Crippen LogP contribution in [0.3, 0.4) is 0 Å². The summed E-state index contributed by atoms with van der Waals surface area (Å²) in [6.07, 6.45) is -1.29. The predicted molar refractivity (Wildman–Crippen MR) is 73.5 cm³/mol. The lowest BCUT2D eigenvalue weighted by Gasteiger charge is -2.09. The number of rotatable bonds is 3. The van der Waals surface area contributed by atoms with Crippen LogP contribution in [-0.2, 0) is 4.79 Å². The molecule has 4 heteroatoms. The van der Waals surface area contributed by atoms with Crippen molar-refractivity contribution in [3.8, 4) is 23.3 Å². The standard InChI is InChI=1S/C16H12O4/c17-13-7-4-8-14(11-13)20-15(16(18)19)10-9-12-5-2-1-3-6-12/h1-8,11,15,17H,(H,18,19). The fourth-order valence-corrected chi connectivity index (χ4v) is 1.50. The van der Waals surface area contributed by atoms with Gasteiger partial charge in [0.05, 0.1) is 0 Å². The average molecular weight is 268 g/mol. The Morgan fingerprint density at radius 2 is 1.85 bits per heavy atom. The van der Waals surface area contributed by atoms with Crippen LogP contribution in [-0.4, -0.2) is 22.3 Å². The molecule has 2 N–H and O–H groups in total. The van der Waals surface area contributed by atoms with Crippen molar-refractivity contribution in [1.82, 2.24) is 0 Å². The number of hydrogen-bond acceptors (Lipinski definition) is 3. The van der Waals surface area contributed by atoms with Gasteiger partial charge in [-0.05, 0) is 30.2 Å². The fourth-order valence-electron chi connectivity index (χ4n) is 1.50. The van der Waals surface area contributed by atoms with Crippen molar-refractivity contribution in [2.75, 3.05) is 0 Å². The van der Waals surface area contributed by atoms with Crippen LogP contribution in [0.4, 0.5) is 0 Å². The van der Waals surface area contributed by atoms with Crippen molar-refractivity contribution in [1.29, 1.82) is 0 Å². The van der Waals surface area contributed by atoms with Gasteiger partial charge < -0.3 is 14.9 Å². The summed E-state index contributed by atoms with van der Waals surface area (Å²) in [6.45, 7) is 0. The quantitative estimate of drug-likeness (QED) is 0.838. The van der Waals surface area contributed by atoms with E-state index in [0.717, 1.165) is 0 Å². The van der Waals surface area contributed by atoms with Crippen LogP contribution in [0, 0.1) is 11.8 Å². The monoisotopic (exact) mass is 268 g/mol. The van der Waals surface area contributed by atoms with Gasteiger partial charge in [-0.3, -0.25) is 0 Å². The molecule has 0 radical (unpaired) electrons. The number of carboxylic acids is 1. The molecule has 2 rings (SSSR count). The van der Waals surface area contributed by atoms with Crippen molar-refractivity contribution in [2.24, 2.45) is 0 Å². The third kappa shape index (κ3) is 3.79. The molecule has 100 valence electrons. The maximum absolute atomic E-state index is 11.1. The summed E-state index contributed by atoms with van der Waals surface area (Å²) in [6, 6.07) is 15.0. The number of benzene rings is 2. The van der Waals surface area contributed by atoms with Crippen molar-refractivity contribution >= 4 is 5.97 Å². The maximum atomic E-state index is 11.1. The molecule has 0 aliphatic carbocycles. The highest BCUT2D eigenvalue weighted by Gasteiger charge is 2.16. The third-order valence-electron chi connectivity index (χ3n) is 2.42. The van der Waals surface area contributed by atoms with Gasteiger partial charge in [0.15, 0.2) is 0 Å². The number of carboxylic acid groups (broad SMARTS) is 1. The summed E-state index contributed by atoms with van der Waals surface area (Å²) in [5.41, 5.74) is 0.707. The van der Waals surface area contributed by atoms with E-state index in [2.05, 4.69) is 11.8 Å². The lowest BCUT2D eigenvalue weighted by molar-refractivity contribution is -0.142. The van der Waals surface area contributed by atoms with Gasteiger partial charge in [-0.2, -0.15) is 0 Å². The molecule has 0 fully saturated rings. The molecule has 0 bridgehead atoms. The van der Waals surface area contributed by atoms with Gasteiger partial charge in [-0.15, -0.1) is 0 Å². The summed E-state index contributed by atoms with van der Waals surface area (Å²) in [5.74, 6) is 4.36. The van der Waals surface area contributed by atoms with Crippen molar-refractivity contribution < 1.29 is 19.7 Å². The molecule has 0 spiro atoms. The molecule has 1 unspecified atom stereocenters. The Morgan fingerprint density at radius 3 is 2.50 bits per heavy atom. The fraction of sp³-hybridized carbons (Fsp3) is 0.0625. The second kappa shape index (κ2) is 6.30. The molecule has 4 nitrogen and oxygen atoms in total. The smallest absolute Gasteiger partial charge is 0.357 e. The van der Waals surface area contributed by atoms with Crippen LogP contribution in [0.15, 0.2) is 54.6 Å². The van der Waals surface area contributed by atoms with Crippen LogP contribution in [0.2, 0.25) is 0 Å². The van der Waals surface area contributed by atoms with E-state index in [0.29, 0.717) is 5.56 Å². The molecule has 2 aromatic carbocycles. The number of phenols is 1. The van der Waals surface area contributed by atoms with E-state index < -0.39 is 12.1 Å². The van der Waals surface area contributed by atoms with Gasteiger partial charge in [-0.25, -0.2) is 4.79 Å². The SMILES string of the molecule is O=C(O)C(C#Cc1ccccc1)Oc1cccc(O)c1. The number of hydrogen-bond donors (Lipinski definition) is 2. The molecule has 1 atom stereocenters. The number of ether oxygens (including phenoxy) is 1. The Kier molecular flexibility index (Phi) is 4.25. The van der Waals surface area contributed by atoms with Crippen molar-refractivity contribution in [3.63, 3.8) is 0 Å². The van der Waals surface area contributed by atoms with E-state index in [9.17, 15) is 9.90 Å². The molecule has 0 aliphatic heterocycles. The Balaban J connectivity index is 2.17. The second-order valence-electron chi connectivity index (χ2n) is 3.97. The topological polar surface area (TPSA) is 66.8 Å². The highest BCUT2D eigenvalue weighted by molar-refractivity contribution is 5.77. The summed E-state index contributed by atoms with van der Waals surface area (Å²) in [7, 11) is 0. The second-order valence-corrected chi connectivity index (χ2v) is 3.97. The number of aromatic hydroxyl groups is 1. The van der Waals surface area contributed by atoms with E-state index in [-0.39, 0.29) is 11.5 Å². The van der Waals surface area contributed by atoms with Gasteiger partial charge in [0, 0.05) is 11.6 Å². The van der Waals surface area contributed by atoms with E-state index in [1.807, 2.05) is 18.2 Å². The molecule has 0 heterocycles. The molecule has 0 amide bonds. The zero-order valence-electron chi connectivity index (χ0n) is 10.5. The molecule has 20 heavy (non-hydrogen) atoms. The molecule has 0 aromatic heterocycles. The van der Waals surface area contributed by atoms with E-state index in [1.54, 1.807) is 24.3 Å². The van der Waals surface area contributed by atoms with Crippen LogP contribution >= 0.6 is 0 Å². The van der Waals surface area contributed by atoms with E-state index in [1.165, 1.54) is 12.1 Å². The Labute approximate surface area is 116 Å². The third-order valence-corrected chi connectivity index (χ3v) is 2.42. The summed E-state index contributed by atoms with van der Waals surface area (Å²) in [4.78, 5) is 11.1. The summed E-state index contributed by atoms with van der Waals surface area (Å²) >= 11 is 0. The Hall–Kier alpha value is -2.93. The first-order chi connectivity index (χ1) is 9.65. The lowest BCUT2D eigenvalue weighted by Crippen LogP contribution is -2.25. The first-order valence-corrected chi connectivity index (χ1v) is 5.90. The van der Waals surface area contributed by atoms with Crippen LogP contribution in [0.25, 0.3) is 0 Å². The van der Waals surface area contributed by atoms with E-state index in [4.69, 9.17) is 9.84 Å². The zero-order chi connectivity index (χ0) is 14.4. The largest absolute Gasteiger partial charge is 0.508 e. The average Bonchev–Trinajstić information content (AvgIpc) is 2.44. The van der Waals surface area contributed by atoms with Gasteiger partial charge in [0.2, 0.25) is 0 Å². The highest BCUT2D eigenvalue weighted by Crippen LogP contribution is 2.18. The normalized spacial score (nSPS) is 11.0. The molecule has 0 saturated carbocycles. The zero-order valence-corrected chi connectivity index (χ0v) is 10.5. The first kappa shape index (κ1) is 13.5. The van der Waals surface area contributed by atoms with Crippen molar-refractivity contribution in [2.45, 2.75) is 6.10 Å². The molecule has 0 aliphatic rings. The van der Waals surface area contributed by atoms with Gasteiger partial charge >= 0.3 is 5.97 Å². The Bertz CT molecular complexity index is 653. The van der Waals surface area contributed by atoms with Crippen molar-refractivity contribution in [3.05, 3.63) is 60.2 Å². The highest BCUT2D eigenvalue weighted by atomic mass is 16.5.